The fraction of sp³-hybridized carbons (Fsp3) is 0.235. The Bertz CT molecular complexity index is 955. The van der Waals surface area contributed by atoms with E-state index in [1.165, 1.54) is 18.3 Å². The molecular weight excluding hydrogens is 340 g/mol. The van der Waals surface area contributed by atoms with Gasteiger partial charge in [-0.05, 0) is 24.3 Å². The van der Waals surface area contributed by atoms with Crippen molar-refractivity contribution in [2.24, 2.45) is 0 Å². The van der Waals surface area contributed by atoms with Crippen LogP contribution >= 0.6 is 11.3 Å². The summed E-state index contributed by atoms with van der Waals surface area (Å²) in [5, 5.41) is 3.82. The van der Waals surface area contributed by atoms with Gasteiger partial charge in [0, 0.05) is 31.0 Å². The van der Waals surface area contributed by atoms with Crippen molar-refractivity contribution in [3.8, 4) is 0 Å². The first kappa shape index (κ1) is 15.8. The number of hydrogen-bond donors (Lipinski definition) is 2. The van der Waals surface area contributed by atoms with E-state index in [1.807, 2.05) is 18.2 Å². The molecule has 4 rings (SSSR count). The number of amides is 1. The second-order valence-electron chi connectivity index (χ2n) is 5.67. The van der Waals surface area contributed by atoms with Crippen molar-refractivity contribution in [2.45, 2.75) is 0 Å². The first-order valence-electron chi connectivity index (χ1n) is 7.92. The van der Waals surface area contributed by atoms with Gasteiger partial charge >= 0.3 is 0 Å². The molecule has 1 fully saturated rings. The van der Waals surface area contributed by atoms with Gasteiger partial charge in [0.1, 0.15) is 0 Å². The van der Waals surface area contributed by atoms with E-state index in [-0.39, 0.29) is 11.5 Å². The predicted octanol–water partition coefficient (Wildman–Crippen LogP) is 2.07. The molecule has 0 unspecified atom stereocenters. The maximum absolute atomic E-state index is 12.2. The number of benzene rings is 1. The maximum atomic E-state index is 12.2. The van der Waals surface area contributed by atoms with E-state index in [0.717, 1.165) is 41.7 Å². The van der Waals surface area contributed by atoms with Gasteiger partial charge in [-0.1, -0.05) is 11.3 Å². The number of nitrogens with one attached hydrogen (secondary N) is 2. The van der Waals surface area contributed by atoms with Gasteiger partial charge in [0.25, 0.3) is 5.91 Å². The number of rotatable bonds is 3. The van der Waals surface area contributed by atoms with Crippen molar-refractivity contribution >= 4 is 38.3 Å². The zero-order chi connectivity index (χ0) is 17.2. The number of carbonyl (C=O) groups excluding carboxylic acids is 1. The topological polar surface area (TPSA) is 87.3 Å². The van der Waals surface area contributed by atoms with E-state index < -0.39 is 0 Å². The lowest BCUT2D eigenvalue weighted by Gasteiger charge is -2.25. The van der Waals surface area contributed by atoms with Crippen molar-refractivity contribution in [3.63, 3.8) is 0 Å². The Morgan fingerprint density at radius 3 is 2.84 bits per heavy atom. The van der Waals surface area contributed by atoms with Crippen molar-refractivity contribution in [2.75, 3.05) is 36.5 Å². The Hall–Kier alpha value is -2.71. The minimum Gasteiger partial charge on any atom is -0.378 e. The number of pyridine rings is 1. The molecule has 25 heavy (non-hydrogen) atoms. The second kappa shape index (κ2) is 6.66. The summed E-state index contributed by atoms with van der Waals surface area (Å²) in [7, 11) is 0. The summed E-state index contributed by atoms with van der Waals surface area (Å²) in [4.78, 5) is 32.7. The highest BCUT2D eigenvalue weighted by Gasteiger charge is 2.16. The molecule has 1 aromatic carbocycles. The van der Waals surface area contributed by atoms with Crippen LogP contribution in [0, 0.1) is 0 Å². The molecule has 0 aliphatic carbocycles. The van der Waals surface area contributed by atoms with E-state index in [0.29, 0.717) is 11.3 Å². The molecule has 8 heteroatoms. The van der Waals surface area contributed by atoms with Gasteiger partial charge in [-0.15, -0.1) is 0 Å². The van der Waals surface area contributed by atoms with Crippen LogP contribution in [0.4, 0.5) is 10.8 Å². The van der Waals surface area contributed by atoms with Crippen LogP contribution in [0.5, 0.6) is 0 Å². The van der Waals surface area contributed by atoms with Gasteiger partial charge in [0.05, 0.1) is 29.0 Å². The van der Waals surface area contributed by atoms with E-state index in [1.54, 1.807) is 11.3 Å². The van der Waals surface area contributed by atoms with Crippen molar-refractivity contribution < 1.29 is 9.53 Å². The smallest absolute Gasteiger partial charge is 0.257 e. The molecule has 3 aromatic rings. The first-order valence-corrected chi connectivity index (χ1v) is 8.74. The quantitative estimate of drug-likeness (QED) is 0.750. The van der Waals surface area contributed by atoms with Crippen molar-refractivity contribution in [1.29, 1.82) is 0 Å². The zero-order valence-electron chi connectivity index (χ0n) is 13.3. The highest BCUT2D eigenvalue weighted by atomic mass is 32.1. The van der Waals surface area contributed by atoms with Crippen LogP contribution in [0.15, 0.2) is 41.3 Å². The third-order valence-electron chi connectivity index (χ3n) is 3.96. The summed E-state index contributed by atoms with van der Waals surface area (Å²) < 4.78 is 6.39. The molecule has 7 nitrogen and oxygen atoms in total. The van der Waals surface area contributed by atoms with Crippen molar-refractivity contribution in [3.05, 3.63) is 52.4 Å². The first-order chi connectivity index (χ1) is 12.2. The Morgan fingerprint density at radius 2 is 2.08 bits per heavy atom. The normalized spacial score (nSPS) is 14.6. The molecule has 2 N–H and O–H groups in total. The number of aromatic nitrogens is 2. The Labute approximate surface area is 147 Å². The summed E-state index contributed by atoms with van der Waals surface area (Å²) in [6.07, 6.45) is 1.40. The molecule has 3 heterocycles. The average molecular weight is 356 g/mol. The number of aromatic amines is 1. The molecule has 128 valence electrons. The fourth-order valence-corrected chi connectivity index (χ4v) is 3.69. The fourth-order valence-electron chi connectivity index (χ4n) is 2.64. The molecule has 0 radical (unpaired) electrons. The van der Waals surface area contributed by atoms with Gasteiger partial charge < -0.3 is 19.9 Å². The molecule has 2 aromatic heterocycles. The van der Waals surface area contributed by atoms with Crippen LogP contribution < -0.4 is 15.8 Å². The molecule has 1 amide bonds. The summed E-state index contributed by atoms with van der Waals surface area (Å²) in [6, 6.07) is 8.47. The van der Waals surface area contributed by atoms with Gasteiger partial charge in [0.2, 0.25) is 5.56 Å². The largest absolute Gasteiger partial charge is 0.378 e. The third-order valence-corrected chi connectivity index (χ3v) is 5.04. The van der Waals surface area contributed by atoms with Gasteiger partial charge in [0.15, 0.2) is 5.13 Å². The van der Waals surface area contributed by atoms with Crippen LogP contribution in [0.2, 0.25) is 0 Å². The van der Waals surface area contributed by atoms with Crippen LogP contribution in [-0.4, -0.2) is 42.2 Å². The molecule has 0 bridgehead atoms. The van der Waals surface area contributed by atoms with E-state index in [9.17, 15) is 9.59 Å². The lowest BCUT2D eigenvalue weighted by molar-refractivity contribution is 0.102. The van der Waals surface area contributed by atoms with Gasteiger partial charge in [-0.25, -0.2) is 4.98 Å². The number of H-pyrrole nitrogens is 1. The lowest BCUT2D eigenvalue weighted by atomic mass is 10.2. The standard InChI is InChI=1S/C17H16N4O3S/c22-15-4-1-11(10-18-15)16(23)19-12-2-3-13-14(9-12)25-17(20-13)21-5-7-24-8-6-21/h1-4,9-10H,5-8H2,(H,18,22)(H,19,23). The van der Waals surface area contributed by atoms with Crippen molar-refractivity contribution in [1.82, 2.24) is 9.97 Å². The zero-order valence-corrected chi connectivity index (χ0v) is 14.1. The molecular formula is C17H16N4O3S. The number of carbonyl (C=O) groups is 1. The van der Waals surface area contributed by atoms with E-state index in [2.05, 4.69) is 20.2 Å². The average Bonchev–Trinajstić information content (AvgIpc) is 3.06. The number of hydrogen-bond acceptors (Lipinski definition) is 6. The third kappa shape index (κ3) is 3.40. The highest BCUT2D eigenvalue weighted by Crippen LogP contribution is 2.31. The number of anilines is 2. The number of ether oxygens (including phenoxy) is 1. The molecule has 0 saturated carbocycles. The van der Waals surface area contributed by atoms with Gasteiger partial charge in [-0.2, -0.15) is 0 Å². The van der Waals surface area contributed by atoms with Gasteiger partial charge in [-0.3, -0.25) is 9.59 Å². The minimum atomic E-state index is -0.270. The second-order valence-corrected chi connectivity index (χ2v) is 6.68. The molecule has 0 atom stereocenters. The SMILES string of the molecule is O=C(Nc1ccc2nc(N3CCOCC3)sc2c1)c1ccc(=O)[nH]c1. The Morgan fingerprint density at radius 1 is 1.24 bits per heavy atom. The highest BCUT2D eigenvalue weighted by molar-refractivity contribution is 7.22. The molecule has 1 saturated heterocycles. The number of morpholine rings is 1. The van der Waals surface area contributed by atoms with Crippen LogP contribution in [0.3, 0.4) is 0 Å². The van der Waals surface area contributed by atoms with Crippen LogP contribution in [-0.2, 0) is 4.74 Å². The number of fused-ring (bicyclic) bond motifs is 1. The molecule has 1 aliphatic rings. The lowest BCUT2D eigenvalue weighted by Crippen LogP contribution is -2.36. The summed E-state index contributed by atoms with van der Waals surface area (Å²) in [5.74, 6) is -0.270. The molecule has 1 aliphatic heterocycles. The Balaban J connectivity index is 1.55. The minimum absolute atomic E-state index is 0.238. The predicted molar refractivity (Wildman–Crippen MR) is 97.7 cm³/mol. The van der Waals surface area contributed by atoms with Crippen LogP contribution in [0.25, 0.3) is 10.2 Å². The monoisotopic (exact) mass is 356 g/mol. The maximum Gasteiger partial charge on any atom is 0.257 e. The molecule has 0 spiro atoms. The summed E-state index contributed by atoms with van der Waals surface area (Å²) in [6.45, 7) is 3.12. The number of nitrogens with zero attached hydrogens (tertiary/aromatic N) is 2. The van der Waals surface area contributed by atoms with E-state index in [4.69, 9.17) is 4.74 Å². The summed E-state index contributed by atoms with van der Waals surface area (Å²) in [5.41, 5.74) is 1.77. The summed E-state index contributed by atoms with van der Waals surface area (Å²) >= 11 is 1.60. The Kier molecular flexibility index (Phi) is 4.21. The number of thiazole rings is 1. The van der Waals surface area contributed by atoms with Crippen LogP contribution in [0.1, 0.15) is 10.4 Å². The van der Waals surface area contributed by atoms with E-state index >= 15 is 0 Å².